The molecule has 0 atom stereocenters. The van der Waals surface area contributed by atoms with Crippen LogP contribution in [0, 0.1) is 6.92 Å². The molecule has 0 aliphatic rings. The van der Waals surface area contributed by atoms with Crippen LogP contribution in [-0.2, 0) is 4.74 Å². The van der Waals surface area contributed by atoms with Crippen LogP contribution in [0.3, 0.4) is 0 Å². The molecule has 2 rings (SSSR count). The predicted octanol–water partition coefficient (Wildman–Crippen LogP) is 3.12. The molecular formula is C13H13BrN2O2. The summed E-state index contributed by atoms with van der Waals surface area (Å²) >= 11 is 3.38. The van der Waals surface area contributed by atoms with E-state index in [-0.39, 0.29) is 5.97 Å². The number of ether oxygens (including phenoxy) is 1. The van der Waals surface area contributed by atoms with Crippen LogP contribution < -0.4 is 0 Å². The highest BCUT2D eigenvalue weighted by atomic mass is 79.9. The first kappa shape index (κ1) is 12.8. The molecule has 0 amide bonds. The van der Waals surface area contributed by atoms with Crippen LogP contribution in [0.4, 0.5) is 0 Å². The number of halogens is 1. The Kier molecular flexibility index (Phi) is 3.81. The summed E-state index contributed by atoms with van der Waals surface area (Å²) in [6.45, 7) is 4.14. The van der Waals surface area contributed by atoms with Gasteiger partial charge in [0.25, 0.3) is 0 Å². The zero-order valence-corrected chi connectivity index (χ0v) is 11.8. The monoisotopic (exact) mass is 308 g/mol. The zero-order chi connectivity index (χ0) is 13.1. The molecule has 5 heteroatoms. The van der Waals surface area contributed by atoms with Crippen LogP contribution in [0.15, 0.2) is 35.1 Å². The molecule has 1 heterocycles. The van der Waals surface area contributed by atoms with E-state index in [4.69, 9.17) is 4.74 Å². The lowest BCUT2D eigenvalue weighted by molar-refractivity contribution is 0.0525. The number of benzene rings is 1. The Labute approximate surface area is 114 Å². The third-order valence-electron chi connectivity index (χ3n) is 2.48. The standard InChI is InChI=1S/C13H13BrN2O2/c1-3-18-13(17)11-8-15-16(12(11)14)10-6-4-9(2)5-7-10/h4-8H,3H2,1-2H3. The quantitative estimate of drug-likeness (QED) is 0.818. The lowest BCUT2D eigenvalue weighted by Gasteiger charge is -2.04. The average Bonchev–Trinajstić information content (AvgIpc) is 2.73. The van der Waals surface area contributed by atoms with E-state index in [1.54, 1.807) is 11.6 Å². The van der Waals surface area contributed by atoms with E-state index in [0.717, 1.165) is 5.69 Å². The van der Waals surface area contributed by atoms with Crippen molar-refractivity contribution in [3.05, 3.63) is 46.2 Å². The van der Waals surface area contributed by atoms with E-state index < -0.39 is 0 Å². The summed E-state index contributed by atoms with van der Waals surface area (Å²) in [5.74, 6) is -0.372. The number of aromatic nitrogens is 2. The van der Waals surface area contributed by atoms with Gasteiger partial charge in [0, 0.05) is 0 Å². The van der Waals surface area contributed by atoms with Crippen molar-refractivity contribution >= 4 is 21.9 Å². The number of hydrogen-bond donors (Lipinski definition) is 0. The molecule has 94 valence electrons. The van der Waals surface area contributed by atoms with Crippen LogP contribution in [0.1, 0.15) is 22.8 Å². The average molecular weight is 309 g/mol. The second kappa shape index (κ2) is 5.35. The molecular weight excluding hydrogens is 296 g/mol. The number of esters is 1. The Morgan fingerprint density at radius 3 is 2.67 bits per heavy atom. The van der Waals surface area contributed by atoms with Gasteiger partial charge in [0.1, 0.15) is 10.2 Å². The first-order chi connectivity index (χ1) is 8.63. The van der Waals surface area contributed by atoms with E-state index in [2.05, 4.69) is 21.0 Å². The molecule has 4 nitrogen and oxygen atoms in total. The van der Waals surface area contributed by atoms with Crippen LogP contribution in [0.25, 0.3) is 5.69 Å². The highest BCUT2D eigenvalue weighted by molar-refractivity contribution is 9.10. The minimum absolute atomic E-state index is 0.348. The number of carbonyl (C=O) groups is 1. The number of rotatable bonds is 3. The minimum Gasteiger partial charge on any atom is -0.462 e. The Hall–Kier alpha value is -1.62. The van der Waals surface area contributed by atoms with Gasteiger partial charge in [-0.2, -0.15) is 5.10 Å². The van der Waals surface area contributed by atoms with Gasteiger partial charge in [-0.15, -0.1) is 0 Å². The maximum atomic E-state index is 11.7. The van der Waals surface area contributed by atoms with Gasteiger partial charge in [-0.05, 0) is 41.9 Å². The predicted molar refractivity (Wildman–Crippen MR) is 72.0 cm³/mol. The molecule has 18 heavy (non-hydrogen) atoms. The summed E-state index contributed by atoms with van der Waals surface area (Å²) in [5, 5.41) is 4.19. The van der Waals surface area contributed by atoms with Gasteiger partial charge in [0.05, 0.1) is 18.5 Å². The molecule has 0 saturated heterocycles. The first-order valence-electron chi connectivity index (χ1n) is 5.61. The maximum Gasteiger partial charge on any atom is 0.342 e. The Morgan fingerprint density at radius 2 is 2.06 bits per heavy atom. The van der Waals surface area contributed by atoms with Crippen molar-refractivity contribution in [1.82, 2.24) is 9.78 Å². The lowest BCUT2D eigenvalue weighted by atomic mass is 10.2. The molecule has 1 aromatic heterocycles. The van der Waals surface area contributed by atoms with Crippen LogP contribution in [0.5, 0.6) is 0 Å². The molecule has 0 aliphatic carbocycles. The Bertz CT molecular complexity index is 561. The smallest absolute Gasteiger partial charge is 0.342 e. The summed E-state index contributed by atoms with van der Waals surface area (Å²) in [6, 6.07) is 7.88. The van der Waals surface area contributed by atoms with E-state index in [1.165, 1.54) is 11.8 Å². The van der Waals surface area contributed by atoms with E-state index in [0.29, 0.717) is 16.8 Å². The molecule has 0 unspecified atom stereocenters. The van der Waals surface area contributed by atoms with Gasteiger partial charge < -0.3 is 4.74 Å². The highest BCUT2D eigenvalue weighted by Crippen LogP contribution is 2.21. The summed E-state index contributed by atoms with van der Waals surface area (Å²) in [4.78, 5) is 11.7. The van der Waals surface area contributed by atoms with Crippen molar-refractivity contribution in [3.8, 4) is 5.69 Å². The normalized spacial score (nSPS) is 10.4. The highest BCUT2D eigenvalue weighted by Gasteiger charge is 2.17. The molecule has 2 aromatic rings. The topological polar surface area (TPSA) is 44.1 Å². The van der Waals surface area contributed by atoms with Crippen molar-refractivity contribution in [3.63, 3.8) is 0 Å². The zero-order valence-electron chi connectivity index (χ0n) is 10.2. The van der Waals surface area contributed by atoms with Gasteiger partial charge in [0.15, 0.2) is 0 Å². The third kappa shape index (κ3) is 2.46. The molecule has 0 saturated carbocycles. The minimum atomic E-state index is -0.372. The van der Waals surface area contributed by atoms with E-state index >= 15 is 0 Å². The molecule has 0 radical (unpaired) electrons. The Balaban J connectivity index is 2.36. The van der Waals surface area contributed by atoms with Crippen molar-refractivity contribution in [2.24, 2.45) is 0 Å². The van der Waals surface area contributed by atoms with E-state index in [9.17, 15) is 4.79 Å². The van der Waals surface area contributed by atoms with Crippen molar-refractivity contribution in [2.45, 2.75) is 13.8 Å². The first-order valence-corrected chi connectivity index (χ1v) is 6.40. The fourth-order valence-corrected chi connectivity index (χ4v) is 2.11. The van der Waals surface area contributed by atoms with Crippen LogP contribution in [0.2, 0.25) is 0 Å². The fraction of sp³-hybridized carbons (Fsp3) is 0.231. The summed E-state index contributed by atoms with van der Waals surface area (Å²) in [6.07, 6.45) is 1.50. The molecule has 0 spiro atoms. The van der Waals surface area contributed by atoms with Crippen LogP contribution in [-0.4, -0.2) is 22.4 Å². The third-order valence-corrected chi connectivity index (χ3v) is 3.25. The second-order valence-corrected chi connectivity index (χ2v) is 4.57. The number of hydrogen-bond acceptors (Lipinski definition) is 3. The Morgan fingerprint density at radius 1 is 1.39 bits per heavy atom. The lowest BCUT2D eigenvalue weighted by Crippen LogP contribution is -2.05. The van der Waals surface area contributed by atoms with Crippen molar-refractivity contribution in [2.75, 3.05) is 6.61 Å². The number of aryl methyl sites for hydroxylation is 1. The largest absolute Gasteiger partial charge is 0.462 e. The molecule has 0 N–H and O–H groups in total. The molecule has 0 aliphatic heterocycles. The van der Waals surface area contributed by atoms with Gasteiger partial charge in [-0.1, -0.05) is 17.7 Å². The van der Waals surface area contributed by atoms with Crippen molar-refractivity contribution in [1.29, 1.82) is 0 Å². The fourth-order valence-electron chi connectivity index (χ4n) is 1.55. The molecule has 0 bridgehead atoms. The number of carbonyl (C=O) groups excluding carboxylic acids is 1. The van der Waals surface area contributed by atoms with Crippen molar-refractivity contribution < 1.29 is 9.53 Å². The SMILES string of the molecule is CCOC(=O)c1cnn(-c2ccc(C)cc2)c1Br. The van der Waals surface area contributed by atoms with Gasteiger partial charge in [-0.25, -0.2) is 9.48 Å². The molecule has 0 fully saturated rings. The van der Waals surface area contributed by atoms with Crippen LogP contribution >= 0.6 is 15.9 Å². The maximum absolute atomic E-state index is 11.7. The second-order valence-electron chi connectivity index (χ2n) is 3.82. The van der Waals surface area contributed by atoms with Gasteiger partial charge in [0.2, 0.25) is 0 Å². The molecule has 1 aromatic carbocycles. The summed E-state index contributed by atoms with van der Waals surface area (Å²) in [7, 11) is 0. The van der Waals surface area contributed by atoms with E-state index in [1.807, 2.05) is 31.2 Å². The summed E-state index contributed by atoms with van der Waals surface area (Å²) in [5.41, 5.74) is 2.49. The van der Waals surface area contributed by atoms with Gasteiger partial charge >= 0.3 is 5.97 Å². The number of nitrogens with zero attached hydrogens (tertiary/aromatic N) is 2. The van der Waals surface area contributed by atoms with Gasteiger partial charge in [-0.3, -0.25) is 0 Å². The summed E-state index contributed by atoms with van der Waals surface area (Å²) < 4.78 is 7.21.